The second kappa shape index (κ2) is 4.56. The van der Waals surface area contributed by atoms with Gasteiger partial charge in [0.2, 0.25) is 0 Å². The molecule has 0 atom stereocenters. The molecule has 19 heavy (non-hydrogen) atoms. The summed E-state index contributed by atoms with van der Waals surface area (Å²) in [5.41, 5.74) is 2.60. The van der Waals surface area contributed by atoms with E-state index in [1.165, 1.54) is 5.56 Å². The number of halogens is 1. The first-order valence-electron chi connectivity index (χ1n) is 5.87. The fraction of sp³-hybridized carbons (Fsp3) is 0.0625. The van der Waals surface area contributed by atoms with Gasteiger partial charge in [0.25, 0.3) is 0 Å². The Morgan fingerprint density at radius 2 is 2.05 bits per heavy atom. The van der Waals surface area contributed by atoms with Crippen molar-refractivity contribution in [3.05, 3.63) is 58.3 Å². The largest absolute Gasteiger partial charge is 0.463 e. The van der Waals surface area contributed by atoms with E-state index in [2.05, 4.69) is 28.1 Å². The third-order valence-corrected chi connectivity index (χ3v) is 3.78. The summed E-state index contributed by atoms with van der Waals surface area (Å²) in [7, 11) is 0. The zero-order chi connectivity index (χ0) is 13.4. The van der Waals surface area contributed by atoms with Gasteiger partial charge < -0.3 is 4.42 Å². The molecule has 2 nitrogen and oxygen atoms in total. The third kappa shape index (κ3) is 1.94. The molecule has 0 radical (unpaired) electrons. The Bertz CT molecular complexity index is 811. The minimum absolute atomic E-state index is 0.603. The van der Waals surface area contributed by atoms with Crippen molar-refractivity contribution in [1.82, 2.24) is 0 Å². The van der Waals surface area contributed by atoms with Gasteiger partial charge in [-0.3, -0.25) is 0 Å². The standard InChI is InChI=1S/C16H10BrNO/c1-10-5-6-13-12(7-10)9-19-16(13)15-11(8-18)3-2-4-14(15)17/h2-7,9H,1H3. The number of nitrogens with zero attached hydrogens (tertiary/aromatic N) is 1. The summed E-state index contributed by atoms with van der Waals surface area (Å²) in [5.74, 6) is 0.735. The quantitative estimate of drug-likeness (QED) is 0.631. The Hall–Kier alpha value is -2.05. The monoisotopic (exact) mass is 311 g/mol. The molecule has 0 bridgehead atoms. The summed E-state index contributed by atoms with van der Waals surface area (Å²) in [6.07, 6.45) is 1.73. The van der Waals surface area contributed by atoms with Crippen LogP contribution in [-0.4, -0.2) is 0 Å². The number of hydrogen-bond acceptors (Lipinski definition) is 2. The maximum Gasteiger partial charge on any atom is 0.144 e. The first-order chi connectivity index (χ1) is 9.20. The number of hydrogen-bond donors (Lipinski definition) is 0. The van der Waals surface area contributed by atoms with Gasteiger partial charge in [0, 0.05) is 20.8 Å². The van der Waals surface area contributed by atoms with Crippen LogP contribution in [0.3, 0.4) is 0 Å². The van der Waals surface area contributed by atoms with E-state index in [4.69, 9.17) is 4.42 Å². The molecule has 2 aromatic carbocycles. The van der Waals surface area contributed by atoms with Crippen molar-refractivity contribution < 1.29 is 4.42 Å². The predicted molar refractivity (Wildman–Crippen MR) is 78.8 cm³/mol. The van der Waals surface area contributed by atoms with Gasteiger partial charge in [-0.15, -0.1) is 0 Å². The van der Waals surface area contributed by atoms with E-state index in [0.717, 1.165) is 26.6 Å². The van der Waals surface area contributed by atoms with Gasteiger partial charge >= 0.3 is 0 Å². The smallest absolute Gasteiger partial charge is 0.144 e. The Morgan fingerprint density at radius 3 is 2.84 bits per heavy atom. The van der Waals surface area contributed by atoms with Crippen molar-refractivity contribution in [1.29, 1.82) is 5.26 Å². The number of rotatable bonds is 1. The minimum atomic E-state index is 0.603. The molecular weight excluding hydrogens is 302 g/mol. The number of aryl methyl sites for hydroxylation is 1. The van der Waals surface area contributed by atoms with Gasteiger partial charge in [-0.25, -0.2) is 0 Å². The van der Waals surface area contributed by atoms with E-state index < -0.39 is 0 Å². The summed E-state index contributed by atoms with van der Waals surface area (Å²) in [4.78, 5) is 0. The average Bonchev–Trinajstić information content (AvgIpc) is 2.81. The zero-order valence-electron chi connectivity index (χ0n) is 10.3. The van der Waals surface area contributed by atoms with Crippen LogP contribution in [0.15, 0.2) is 51.6 Å². The molecule has 3 aromatic rings. The SMILES string of the molecule is Cc1ccc2c(-c3c(Br)cccc3C#N)occ2c1. The molecule has 0 unspecified atom stereocenters. The van der Waals surface area contributed by atoms with Gasteiger partial charge in [-0.2, -0.15) is 5.26 Å². The highest BCUT2D eigenvalue weighted by molar-refractivity contribution is 9.10. The van der Waals surface area contributed by atoms with Gasteiger partial charge in [0.05, 0.1) is 17.9 Å². The molecule has 3 heteroatoms. The lowest BCUT2D eigenvalue weighted by atomic mass is 10.0. The highest BCUT2D eigenvalue weighted by Crippen LogP contribution is 2.37. The molecule has 92 valence electrons. The Kier molecular flexibility index (Phi) is 2.88. The Morgan fingerprint density at radius 1 is 1.21 bits per heavy atom. The molecule has 1 aromatic heterocycles. The van der Waals surface area contributed by atoms with Crippen LogP contribution in [0.4, 0.5) is 0 Å². The van der Waals surface area contributed by atoms with Gasteiger partial charge in [0.15, 0.2) is 0 Å². The summed E-state index contributed by atoms with van der Waals surface area (Å²) >= 11 is 3.50. The Labute approximate surface area is 119 Å². The highest BCUT2D eigenvalue weighted by Gasteiger charge is 2.15. The molecule has 0 saturated heterocycles. The molecule has 0 spiro atoms. The van der Waals surface area contributed by atoms with Crippen molar-refractivity contribution in [3.8, 4) is 17.4 Å². The van der Waals surface area contributed by atoms with Crippen molar-refractivity contribution in [2.24, 2.45) is 0 Å². The summed E-state index contributed by atoms with van der Waals surface area (Å²) in [5, 5.41) is 11.3. The number of benzene rings is 2. The second-order valence-electron chi connectivity index (χ2n) is 4.43. The Balaban J connectivity index is 2.35. The van der Waals surface area contributed by atoms with Crippen LogP contribution >= 0.6 is 15.9 Å². The lowest BCUT2D eigenvalue weighted by Crippen LogP contribution is -1.85. The maximum atomic E-state index is 9.25. The fourth-order valence-corrected chi connectivity index (χ4v) is 2.76. The van der Waals surface area contributed by atoms with E-state index in [0.29, 0.717) is 5.56 Å². The normalized spacial score (nSPS) is 10.6. The van der Waals surface area contributed by atoms with Crippen LogP contribution in [0.5, 0.6) is 0 Å². The van der Waals surface area contributed by atoms with Crippen LogP contribution in [0.2, 0.25) is 0 Å². The van der Waals surface area contributed by atoms with Gasteiger partial charge in [-0.05, 0) is 41.1 Å². The topological polar surface area (TPSA) is 36.9 Å². The molecule has 0 aliphatic heterocycles. The van der Waals surface area contributed by atoms with E-state index in [-0.39, 0.29) is 0 Å². The van der Waals surface area contributed by atoms with Crippen molar-refractivity contribution in [2.45, 2.75) is 6.92 Å². The molecule has 0 amide bonds. The first kappa shape index (κ1) is 12.0. The summed E-state index contributed by atoms with van der Waals surface area (Å²) in [6.45, 7) is 2.05. The highest BCUT2D eigenvalue weighted by atomic mass is 79.9. The van der Waals surface area contributed by atoms with Crippen LogP contribution < -0.4 is 0 Å². The second-order valence-corrected chi connectivity index (χ2v) is 5.28. The molecule has 0 saturated carbocycles. The van der Waals surface area contributed by atoms with Crippen LogP contribution in [-0.2, 0) is 0 Å². The van der Waals surface area contributed by atoms with Crippen molar-refractivity contribution >= 4 is 26.7 Å². The number of fused-ring (bicyclic) bond motifs is 1. The number of nitriles is 1. The predicted octanol–water partition coefficient (Wildman–Crippen LogP) is 5.04. The molecule has 0 aliphatic rings. The third-order valence-electron chi connectivity index (χ3n) is 3.12. The number of furan rings is 1. The van der Waals surface area contributed by atoms with Crippen LogP contribution in [0.25, 0.3) is 22.1 Å². The van der Waals surface area contributed by atoms with E-state index in [1.54, 1.807) is 12.3 Å². The lowest BCUT2D eigenvalue weighted by molar-refractivity contribution is 0.586. The molecule has 0 N–H and O–H groups in total. The maximum absolute atomic E-state index is 9.25. The van der Waals surface area contributed by atoms with E-state index in [9.17, 15) is 5.26 Å². The summed E-state index contributed by atoms with van der Waals surface area (Å²) in [6, 6.07) is 13.9. The molecule has 0 aliphatic carbocycles. The zero-order valence-corrected chi connectivity index (χ0v) is 11.9. The molecule has 1 heterocycles. The molecule has 3 rings (SSSR count). The molecular formula is C16H10BrNO. The van der Waals surface area contributed by atoms with E-state index >= 15 is 0 Å². The minimum Gasteiger partial charge on any atom is -0.463 e. The fourth-order valence-electron chi connectivity index (χ4n) is 2.21. The first-order valence-corrected chi connectivity index (χ1v) is 6.67. The van der Waals surface area contributed by atoms with Crippen molar-refractivity contribution in [2.75, 3.05) is 0 Å². The van der Waals surface area contributed by atoms with Crippen molar-refractivity contribution in [3.63, 3.8) is 0 Å². The van der Waals surface area contributed by atoms with E-state index in [1.807, 2.05) is 31.2 Å². The average molecular weight is 312 g/mol. The van der Waals surface area contributed by atoms with Crippen LogP contribution in [0.1, 0.15) is 11.1 Å². The van der Waals surface area contributed by atoms with Gasteiger partial charge in [0.1, 0.15) is 5.76 Å². The lowest BCUT2D eigenvalue weighted by Gasteiger charge is -2.04. The van der Waals surface area contributed by atoms with Gasteiger partial charge in [-0.1, -0.05) is 23.8 Å². The van der Waals surface area contributed by atoms with Crippen LogP contribution in [0, 0.1) is 18.3 Å². The molecule has 0 fully saturated rings. The summed E-state index contributed by atoms with van der Waals surface area (Å²) < 4.78 is 6.56.